The van der Waals surface area contributed by atoms with Crippen LogP contribution in [-0.4, -0.2) is 15.7 Å². The molecule has 0 aliphatic rings. The molecule has 5 nitrogen and oxygen atoms in total. The molecule has 2 aromatic rings. The number of hydrogen-bond acceptors (Lipinski definition) is 3. The minimum atomic E-state index is -0.411. The lowest BCUT2D eigenvalue weighted by molar-refractivity contribution is 0.101. The molecule has 100 valence electrons. The molecule has 1 amide bonds. The summed E-state index contributed by atoms with van der Waals surface area (Å²) in [6.07, 6.45) is 0. The fourth-order valence-corrected chi connectivity index (χ4v) is 1.94. The summed E-state index contributed by atoms with van der Waals surface area (Å²) < 4.78 is 14.7. The second-order valence-electron chi connectivity index (χ2n) is 4.44. The van der Waals surface area contributed by atoms with Crippen molar-refractivity contribution in [2.24, 2.45) is 7.05 Å². The average Bonchev–Trinajstić information content (AvgIpc) is 2.51. The monoisotopic (exact) mass is 262 g/mol. The van der Waals surface area contributed by atoms with E-state index < -0.39 is 11.7 Å². The number of halogens is 1. The first kappa shape index (κ1) is 13.1. The second kappa shape index (κ2) is 4.72. The molecule has 1 aromatic carbocycles. The largest absolute Gasteiger partial charge is 0.395 e. The summed E-state index contributed by atoms with van der Waals surface area (Å²) in [6.45, 7) is 3.47. The van der Waals surface area contributed by atoms with Crippen molar-refractivity contribution in [2.75, 3.05) is 11.1 Å². The number of nitrogens with one attached hydrogen (secondary N) is 1. The number of carbonyl (C=O) groups is 1. The smallest absolute Gasteiger partial charge is 0.276 e. The normalized spacial score (nSPS) is 10.5. The molecular formula is C13H15FN4O. The molecule has 1 aromatic heterocycles. The number of benzene rings is 1. The Kier molecular flexibility index (Phi) is 3.25. The van der Waals surface area contributed by atoms with E-state index in [0.29, 0.717) is 17.1 Å². The Bertz CT molecular complexity index is 628. The number of hydrogen-bond donors (Lipinski definition) is 2. The lowest BCUT2D eigenvalue weighted by atomic mass is 10.2. The average molecular weight is 262 g/mol. The van der Waals surface area contributed by atoms with Crippen molar-refractivity contribution in [3.05, 3.63) is 41.0 Å². The first-order chi connectivity index (χ1) is 8.88. The minimum absolute atomic E-state index is 0.263. The maximum absolute atomic E-state index is 13.3. The highest BCUT2D eigenvalue weighted by molar-refractivity contribution is 6.06. The van der Waals surface area contributed by atoms with Crippen LogP contribution < -0.4 is 11.1 Å². The van der Waals surface area contributed by atoms with Crippen LogP contribution >= 0.6 is 0 Å². The number of nitrogen functional groups attached to an aromatic ring is 1. The fraction of sp³-hybridized carbons (Fsp3) is 0.231. The summed E-state index contributed by atoms with van der Waals surface area (Å²) in [5, 5.41) is 6.68. The molecule has 6 heteroatoms. The van der Waals surface area contributed by atoms with Crippen LogP contribution in [0.1, 0.15) is 21.7 Å². The van der Waals surface area contributed by atoms with Crippen molar-refractivity contribution < 1.29 is 9.18 Å². The first-order valence-electron chi connectivity index (χ1n) is 5.76. The lowest BCUT2D eigenvalue weighted by Crippen LogP contribution is -2.17. The molecule has 0 radical (unpaired) electrons. The Hall–Kier alpha value is -2.37. The van der Waals surface area contributed by atoms with Gasteiger partial charge in [0.2, 0.25) is 0 Å². The van der Waals surface area contributed by atoms with Crippen LogP contribution in [0.2, 0.25) is 0 Å². The summed E-state index contributed by atoms with van der Waals surface area (Å²) >= 11 is 0. The van der Waals surface area contributed by atoms with E-state index in [4.69, 9.17) is 5.73 Å². The van der Waals surface area contributed by atoms with Gasteiger partial charge in [-0.3, -0.25) is 9.48 Å². The van der Waals surface area contributed by atoms with Crippen molar-refractivity contribution >= 4 is 17.3 Å². The van der Waals surface area contributed by atoms with Gasteiger partial charge in [0.05, 0.1) is 11.4 Å². The third kappa shape index (κ3) is 2.57. The minimum Gasteiger partial charge on any atom is -0.395 e. The summed E-state index contributed by atoms with van der Waals surface area (Å²) in [6, 6.07) is 4.32. The number of aromatic nitrogens is 2. The van der Waals surface area contributed by atoms with E-state index in [9.17, 15) is 9.18 Å². The lowest BCUT2D eigenvalue weighted by Gasteiger charge is -2.07. The Labute approximate surface area is 110 Å². The third-order valence-electron chi connectivity index (χ3n) is 2.78. The highest BCUT2D eigenvalue weighted by Crippen LogP contribution is 2.18. The summed E-state index contributed by atoms with van der Waals surface area (Å²) in [5.74, 6) is -0.810. The zero-order valence-electron chi connectivity index (χ0n) is 11.0. The molecule has 0 spiro atoms. The highest BCUT2D eigenvalue weighted by Gasteiger charge is 2.18. The maximum Gasteiger partial charge on any atom is 0.276 e. The molecule has 3 N–H and O–H groups in total. The van der Waals surface area contributed by atoms with Crippen LogP contribution in [0.3, 0.4) is 0 Å². The van der Waals surface area contributed by atoms with Gasteiger partial charge >= 0.3 is 0 Å². The van der Waals surface area contributed by atoms with E-state index in [1.54, 1.807) is 27.0 Å². The molecule has 0 saturated heterocycles. The van der Waals surface area contributed by atoms with Crippen LogP contribution in [0, 0.1) is 19.7 Å². The van der Waals surface area contributed by atoms with Crippen LogP contribution in [0.25, 0.3) is 0 Å². The quantitative estimate of drug-likeness (QED) is 0.869. The molecule has 0 aliphatic heterocycles. The van der Waals surface area contributed by atoms with Crippen LogP contribution in [0.5, 0.6) is 0 Å². The molecule has 0 fully saturated rings. The van der Waals surface area contributed by atoms with E-state index in [1.165, 1.54) is 16.8 Å². The van der Waals surface area contributed by atoms with Gasteiger partial charge in [-0.2, -0.15) is 5.10 Å². The van der Waals surface area contributed by atoms with Gasteiger partial charge in [-0.25, -0.2) is 4.39 Å². The number of nitrogens with two attached hydrogens (primary N) is 1. The van der Waals surface area contributed by atoms with Gasteiger partial charge in [0.15, 0.2) is 0 Å². The number of aryl methyl sites for hydroxylation is 3. The Morgan fingerprint density at radius 2 is 2.05 bits per heavy atom. The first-order valence-corrected chi connectivity index (χ1v) is 5.76. The molecule has 0 saturated carbocycles. The number of carbonyl (C=O) groups excluding carboxylic acids is 1. The number of anilines is 2. The zero-order chi connectivity index (χ0) is 14.2. The van der Waals surface area contributed by atoms with E-state index in [1.807, 2.05) is 0 Å². The Balaban J connectivity index is 2.30. The summed E-state index contributed by atoms with van der Waals surface area (Å²) in [4.78, 5) is 12.1. The molecule has 0 atom stereocenters. The zero-order valence-corrected chi connectivity index (χ0v) is 11.0. The number of nitrogens with zero attached hydrogens (tertiary/aromatic N) is 2. The number of amides is 1. The topological polar surface area (TPSA) is 72.9 Å². The second-order valence-corrected chi connectivity index (χ2v) is 4.44. The molecular weight excluding hydrogens is 247 g/mol. The molecule has 0 bridgehead atoms. The molecule has 2 rings (SSSR count). The van der Waals surface area contributed by atoms with E-state index in [-0.39, 0.29) is 5.69 Å². The molecule has 19 heavy (non-hydrogen) atoms. The van der Waals surface area contributed by atoms with Gasteiger partial charge in [0.1, 0.15) is 11.5 Å². The third-order valence-corrected chi connectivity index (χ3v) is 2.78. The highest BCUT2D eigenvalue weighted by atomic mass is 19.1. The van der Waals surface area contributed by atoms with Crippen LogP contribution in [0.15, 0.2) is 18.2 Å². The summed E-state index contributed by atoms with van der Waals surface area (Å²) in [7, 11) is 1.63. The Morgan fingerprint density at radius 3 is 2.58 bits per heavy atom. The van der Waals surface area contributed by atoms with Gasteiger partial charge in [0, 0.05) is 12.7 Å². The summed E-state index contributed by atoms with van der Waals surface area (Å²) in [5.41, 5.74) is 8.09. The van der Waals surface area contributed by atoms with Crippen molar-refractivity contribution in [1.82, 2.24) is 9.78 Å². The molecule has 1 heterocycles. The predicted molar refractivity (Wildman–Crippen MR) is 71.4 cm³/mol. The van der Waals surface area contributed by atoms with Gasteiger partial charge in [-0.1, -0.05) is 0 Å². The van der Waals surface area contributed by atoms with Crippen LogP contribution in [0.4, 0.5) is 15.8 Å². The van der Waals surface area contributed by atoms with Crippen molar-refractivity contribution in [1.29, 1.82) is 0 Å². The van der Waals surface area contributed by atoms with Gasteiger partial charge < -0.3 is 11.1 Å². The van der Waals surface area contributed by atoms with E-state index >= 15 is 0 Å². The standard InChI is InChI=1S/C13H15FN4O/c1-7-4-9(14)6-10(5-7)16-13(19)12-11(15)8(2)17-18(12)3/h4-6H,15H2,1-3H3,(H,16,19). The maximum atomic E-state index is 13.3. The fourth-order valence-electron chi connectivity index (χ4n) is 1.94. The van der Waals surface area contributed by atoms with Crippen molar-refractivity contribution in [3.8, 4) is 0 Å². The van der Waals surface area contributed by atoms with Gasteiger partial charge in [0.25, 0.3) is 5.91 Å². The molecule has 0 aliphatic carbocycles. The molecule has 0 unspecified atom stereocenters. The van der Waals surface area contributed by atoms with E-state index in [0.717, 1.165) is 5.56 Å². The van der Waals surface area contributed by atoms with Crippen LogP contribution in [-0.2, 0) is 7.05 Å². The van der Waals surface area contributed by atoms with E-state index in [2.05, 4.69) is 10.4 Å². The Morgan fingerprint density at radius 1 is 1.37 bits per heavy atom. The van der Waals surface area contributed by atoms with Crippen molar-refractivity contribution in [3.63, 3.8) is 0 Å². The number of rotatable bonds is 2. The predicted octanol–water partition coefficient (Wildman–Crippen LogP) is 2.01. The SMILES string of the molecule is Cc1cc(F)cc(NC(=O)c2c(N)c(C)nn2C)c1. The van der Waals surface area contributed by atoms with Gasteiger partial charge in [-0.15, -0.1) is 0 Å². The van der Waals surface area contributed by atoms with Crippen molar-refractivity contribution in [2.45, 2.75) is 13.8 Å². The van der Waals surface area contributed by atoms with Gasteiger partial charge in [-0.05, 0) is 37.6 Å².